The van der Waals surface area contributed by atoms with E-state index >= 15 is 0 Å². The monoisotopic (exact) mass is 448 g/mol. The van der Waals surface area contributed by atoms with Crippen molar-refractivity contribution in [3.63, 3.8) is 0 Å². The predicted octanol–water partition coefficient (Wildman–Crippen LogP) is 9.48. The molecule has 0 radical (unpaired) electrons. The Kier molecular flexibility index (Phi) is 11.7. The van der Waals surface area contributed by atoms with Gasteiger partial charge in [-0.1, -0.05) is 133 Å². The van der Waals surface area contributed by atoms with Gasteiger partial charge in [0.15, 0.2) is 5.82 Å². The molecule has 2 nitrogen and oxygen atoms in total. The van der Waals surface area contributed by atoms with Crippen LogP contribution in [0.1, 0.15) is 90.4 Å². The lowest BCUT2D eigenvalue weighted by atomic mass is 10.1. The lowest BCUT2D eigenvalue weighted by Crippen LogP contribution is -1.94. The molecule has 0 bridgehead atoms. The van der Waals surface area contributed by atoms with Gasteiger partial charge in [-0.2, -0.15) is 0 Å². The van der Waals surface area contributed by atoms with Gasteiger partial charge in [-0.25, -0.2) is 9.97 Å². The summed E-state index contributed by atoms with van der Waals surface area (Å²) >= 11 is 1.89. The molecule has 1 aromatic heterocycles. The second-order valence-corrected chi connectivity index (χ2v) is 9.91. The van der Waals surface area contributed by atoms with E-state index in [9.17, 15) is 0 Å². The second-order valence-electron chi connectivity index (χ2n) is 8.83. The highest BCUT2D eigenvalue weighted by molar-refractivity contribution is 7.99. The SMILES string of the molecule is CCCCCCCCCCCCCCCSc1nc(-c2ccccc2)nc2ccccc12. The predicted molar refractivity (Wildman–Crippen MR) is 141 cm³/mol. The fourth-order valence-electron chi connectivity index (χ4n) is 4.16. The summed E-state index contributed by atoms with van der Waals surface area (Å²) in [5, 5.41) is 2.29. The molecule has 0 amide bonds. The van der Waals surface area contributed by atoms with Gasteiger partial charge in [0.25, 0.3) is 0 Å². The van der Waals surface area contributed by atoms with Crippen molar-refractivity contribution in [1.29, 1.82) is 0 Å². The summed E-state index contributed by atoms with van der Waals surface area (Å²) in [5.74, 6) is 1.96. The van der Waals surface area contributed by atoms with E-state index in [1.165, 1.54) is 88.9 Å². The lowest BCUT2D eigenvalue weighted by molar-refractivity contribution is 0.543. The molecule has 2 aromatic carbocycles. The van der Waals surface area contributed by atoms with Crippen molar-refractivity contribution in [2.24, 2.45) is 0 Å². The van der Waals surface area contributed by atoms with Crippen LogP contribution in [-0.2, 0) is 0 Å². The van der Waals surface area contributed by atoms with Crippen molar-refractivity contribution in [2.45, 2.75) is 95.4 Å². The van der Waals surface area contributed by atoms with Crippen LogP contribution in [0.5, 0.6) is 0 Å². The molecule has 3 aromatic rings. The van der Waals surface area contributed by atoms with Crippen molar-refractivity contribution in [3.05, 3.63) is 54.6 Å². The highest BCUT2D eigenvalue weighted by Crippen LogP contribution is 2.29. The number of rotatable bonds is 16. The van der Waals surface area contributed by atoms with Crippen molar-refractivity contribution in [1.82, 2.24) is 9.97 Å². The van der Waals surface area contributed by atoms with E-state index < -0.39 is 0 Å². The molecule has 0 aliphatic carbocycles. The lowest BCUT2D eigenvalue weighted by Gasteiger charge is -2.09. The number of fused-ring (bicyclic) bond motifs is 1. The summed E-state index contributed by atoms with van der Waals surface area (Å²) in [6.45, 7) is 2.29. The quantitative estimate of drug-likeness (QED) is 0.124. The Morgan fingerprint density at radius 2 is 1.16 bits per heavy atom. The Hall–Kier alpha value is -1.87. The fraction of sp³-hybridized carbons (Fsp3) is 0.517. The summed E-state index contributed by atoms with van der Waals surface area (Å²) in [7, 11) is 0. The molecule has 0 aliphatic heterocycles. The third-order valence-corrected chi connectivity index (χ3v) is 7.16. The maximum atomic E-state index is 4.92. The summed E-state index contributed by atoms with van der Waals surface area (Å²) in [6, 6.07) is 18.7. The molecule has 0 spiro atoms. The Bertz CT molecular complexity index is 894. The van der Waals surface area contributed by atoms with Crippen LogP contribution in [0.3, 0.4) is 0 Å². The largest absolute Gasteiger partial charge is 0.228 e. The minimum absolute atomic E-state index is 0.831. The number of benzene rings is 2. The first-order valence-corrected chi connectivity index (χ1v) is 13.8. The minimum atomic E-state index is 0.831. The third kappa shape index (κ3) is 8.58. The van der Waals surface area contributed by atoms with E-state index in [1.807, 2.05) is 30.0 Å². The van der Waals surface area contributed by atoms with Crippen LogP contribution in [0.25, 0.3) is 22.3 Å². The molecule has 3 rings (SSSR count). The van der Waals surface area contributed by atoms with Gasteiger partial charge in [-0.05, 0) is 18.2 Å². The number of aromatic nitrogens is 2. The van der Waals surface area contributed by atoms with Crippen molar-refractivity contribution in [2.75, 3.05) is 5.75 Å². The van der Waals surface area contributed by atoms with Crippen LogP contribution in [-0.4, -0.2) is 15.7 Å². The standard InChI is InChI=1S/C29H40N2S/c1-2-3-4-5-6-7-8-9-10-11-12-13-19-24-32-29-26-22-17-18-23-27(26)30-28(31-29)25-20-15-14-16-21-25/h14-18,20-23H,2-13,19,24H2,1H3. The topological polar surface area (TPSA) is 25.8 Å². The zero-order valence-electron chi connectivity index (χ0n) is 19.9. The maximum Gasteiger partial charge on any atom is 0.161 e. The molecule has 3 heteroatoms. The molecule has 0 atom stereocenters. The van der Waals surface area contributed by atoms with E-state index in [0.717, 1.165) is 27.7 Å². The van der Waals surface area contributed by atoms with Crippen LogP contribution in [0.2, 0.25) is 0 Å². The van der Waals surface area contributed by atoms with Crippen LogP contribution >= 0.6 is 11.8 Å². The molecule has 1 heterocycles. The van der Waals surface area contributed by atoms with Crippen molar-refractivity contribution < 1.29 is 0 Å². The number of unbranched alkanes of at least 4 members (excludes halogenated alkanes) is 12. The van der Waals surface area contributed by atoms with Crippen LogP contribution in [0.15, 0.2) is 59.6 Å². The normalized spacial score (nSPS) is 11.3. The van der Waals surface area contributed by atoms with Gasteiger partial charge in [0.1, 0.15) is 5.03 Å². The second kappa shape index (κ2) is 15.1. The van der Waals surface area contributed by atoms with Crippen LogP contribution < -0.4 is 0 Å². The molecular weight excluding hydrogens is 408 g/mol. The third-order valence-electron chi connectivity index (χ3n) is 6.09. The minimum Gasteiger partial charge on any atom is -0.228 e. The van der Waals surface area contributed by atoms with E-state index in [2.05, 4.69) is 43.3 Å². The zero-order chi connectivity index (χ0) is 22.3. The maximum absolute atomic E-state index is 4.92. The number of hydrogen-bond acceptors (Lipinski definition) is 3. The van der Waals surface area contributed by atoms with E-state index in [0.29, 0.717) is 0 Å². The molecule has 0 saturated carbocycles. The highest BCUT2D eigenvalue weighted by atomic mass is 32.2. The highest BCUT2D eigenvalue weighted by Gasteiger charge is 2.09. The van der Waals surface area contributed by atoms with Gasteiger partial charge >= 0.3 is 0 Å². The van der Waals surface area contributed by atoms with Crippen LogP contribution in [0.4, 0.5) is 0 Å². The first-order valence-electron chi connectivity index (χ1n) is 12.8. The zero-order valence-corrected chi connectivity index (χ0v) is 20.7. The number of hydrogen-bond donors (Lipinski definition) is 0. The Labute approximate surface area is 199 Å². The first kappa shape index (κ1) is 24.8. The number of nitrogens with zero attached hydrogens (tertiary/aromatic N) is 2. The molecule has 0 aliphatic rings. The number of para-hydroxylation sites is 1. The van der Waals surface area contributed by atoms with Gasteiger partial charge in [0, 0.05) is 10.9 Å². The van der Waals surface area contributed by atoms with Gasteiger partial charge < -0.3 is 0 Å². The van der Waals surface area contributed by atoms with Gasteiger partial charge in [-0.3, -0.25) is 0 Å². The van der Waals surface area contributed by atoms with Crippen molar-refractivity contribution >= 4 is 22.7 Å². The smallest absolute Gasteiger partial charge is 0.161 e. The van der Waals surface area contributed by atoms with Crippen LogP contribution in [0, 0.1) is 0 Å². The summed E-state index contributed by atoms with van der Waals surface area (Å²) in [5.41, 5.74) is 2.12. The molecule has 0 saturated heterocycles. The van der Waals surface area contributed by atoms with Crippen molar-refractivity contribution in [3.8, 4) is 11.4 Å². The molecule has 0 fully saturated rings. The Balaban J connectivity index is 1.34. The van der Waals surface area contributed by atoms with E-state index in [1.54, 1.807) is 0 Å². The molecule has 0 unspecified atom stereocenters. The Morgan fingerprint density at radius 1 is 0.594 bits per heavy atom. The number of thioether (sulfide) groups is 1. The van der Waals surface area contributed by atoms with Gasteiger partial charge in [-0.15, -0.1) is 11.8 Å². The first-order chi connectivity index (χ1) is 15.9. The molecular formula is C29H40N2S. The average Bonchev–Trinajstić information content (AvgIpc) is 2.84. The van der Waals surface area contributed by atoms with E-state index in [4.69, 9.17) is 9.97 Å². The molecule has 32 heavy (non-hydrogen) atoms. The Morgan fingerprint density at radius 3 is 1.81 bits per heavy atom. The fourth-order valence-corrected chi connectivity index (χ4v) is 5.18. The summed E-state index contributed by atoms with van der Waals surface area (Å²) < 4.78 is 0. The van der Waals surface area contributed by atoms with Gasteiger partial charge in [0.05, 0.1) is 5.52 Å². The average molecular weight is 449 g/mol. The van der Waals surface area contributed by atoms with E-state index in [-0.39, 0.29) is 0 Å². The molecule has 0 N–H and O–H groups in total. The molecule has 172 valence electrons. The summed E-state index contributed by atoms with van der Waals surface area (Å²) in [6.07, 6.45) is 18.2. The summed E-state index contributed by atoms with van der Waals surface area (Å²) in [4.78, 5) is 9.72. The van der Waals surface area contributed by atoms with Gasteiger partial charge in [0.2, 0.25) is 0 Å².